The number of para-hydroxylation sites is 1. The Hall–Kier alpha value is -1.74. The molecule has 0 aliphatic heterocycles. The third kappa shape index (κ3) is 2.44. The van der Waals surface area contributed by atoms with E-state index in [-0.39, 0.29) is 5.24 Å². The van der Waals surface area contributed by atoms with Crippen LogP contribution >= 0.6 is 12.6 Å². The highest BCUT2D eigenvalue weighted by atomic mass is 32.1. The summed E-state index contributed by atoms with van der Waals surface area (Å²) in [6.45, 7) is 0. The van der Waals surface area contributed by atoms with Gasteiger partial charge in [0, 0.05) is 11.3 Å². The molecule has 2 aromatic carbocycles. The van der Waals surface area contributed by atoms with Crippen LogP contribution in [-0.2, 0) is 0 Å². The molecule has 0 aliphatic rings. The number of thiol groups is 1. The molecule has 3 heteroatoms. The lowest BCUT2D eigenvalue weighted by Crippen LogP contribution is -2.02. The molecule has 0 aromatic heterocycles. The van der Waals surface area contributed by atoms with E-state index in [9.17, 15) is 4.79 Å². The van der Waals surface area contributed by atoms with Crippen molar-refractivity contribution in [3.8, 4) is 11.1 Å². The lowest BCUT2D eigenvalue weighted by Gasteiger charge is -2.09. The third-order valence-corrected chi connectivity index (χ3v) is 2.37. The molecule has 0 atom stereocenters. The molecule has 0 fully saturated rings. The second kappa shape index (κ2) is 4.86. The Morgan fingerprint density at radius 1 is 0.938 bits per heavy atom. The number of hydrogen-bond acceptors (Lipinski definition) is 1. The van der Waals surface area contributed by atoms with Crippen molar-refractivity contribution in [3.05, 3.63) is 54.6 Å². The molecule has 2 nitrogen and oxygen atoms in total. The van der Waals surface area contributed by atoms with Crippen molar-refractivity contribution >= 4 is 23.6 Å². The van der Waals surface area contributed by atoms with E-state index in [2.05, 4.69) is 17.9 Å². The van der Waals surface area contributed by atoms with Crippen molar-refractivity contribution < 1.29 is 4.79 Å². The summed E-state index contributed by atoms with van der Waals surface area (Å²) in [5, 5.41) is 2.34. The number of amides is 1. The molecule has 0 heterocycles. The van der Waals surface area contributed by atoms with Crippen molar-refractivity contribution in [1.29, 1.82) is 0 Å². The maximum atomic E-state index is 10.9. The van der Waals surface area contributed by atoms with E-state index in [1.165, 1.54) is 0 Å². The highest BCUT2D eigenvalue weighted by Crippen LogP contribution is 2.27. The van der Waals surface area contributed by atoms with Crippen LogP contribution in [0, 0.1) is 0 Å². The fourth-order valence-corrected chi connectivity index (χ4v) is 1.70. The molecule has 0 spiro atoms. The molecular weight excluding hydrogens is 218 g/mol. The van der Waals surface area contributed by atoms with Gasteiger partial charge in [0.1, 0.15) is 0 Å². The summed E-state index contributed by atoms with van der Waals surface area (Å²) in [5.74, 6) is 0. The number of rotatable bonds is 2. The Morgan fingerprint density at radius 3 is 2.25 bits per heavy atom. The molecule has 1 N–H and O–H groups in total. The minimum absolute atomic E-state index is 0.358. The molecule has 0 saturated heterocycles. The van der Waals surface area contributed by atoms with Crippen LogP contribution in [0.25, 0.3) is 11.1 Å². The predicted molar refractivity (Wildman–Crippen MR) is 69.9 cm³/mol. The average molecular weight is 229 g/mol. The van der Waals surface area contributed by atoms with Crippen LogP contribution in [-0.4, -0.2) is 5.24 Å². The third-order valence-electron chi connectivity index (χ3n) is 2.25. The summed E-state index contributed by atoms with van der Waals surface area (Å²) in [7, 11) is 0. The summed E-state index contributed by atoms with van der Waals surface area (Å²) in [5.41, 5.74) is 2.83. The first-order valence-electron chi connectivity index (χ1n) is 4.92. The van der Waals surface area contributed by atoms with Gasteiger partial charge in [0.2, 0.25) is 0 Å². The van der Waals surface area contributed by atoms with Gasteiger partial charge in [-0.25, -0.2) is 0 Å². The minimum Gasteiger partial charge on any atom is -0.317 e. The van der Waals surface area contributed by atoms with Crippen molar-refractivity contribution in [1.82, 2.24) is 0 Å². The topological polar surface area (TPSA) is 29.1 Å². The monoisotopic (exact) mass is 229 g/mol. The first-order valence-corrected chi connectivity index (χ1v) is 5.36. The molecule has 0 unspecified atom stereocenters. The van der Waals surface area contributed by atoms with Crippen LogP contribution in [0.2, 0.25) is 0 Å². The normalized spacial score (nSPS) is 9.81. The average Bonchev–Trinajstić information content (AvgIpc) is 2.30. The molecule has 0 radical (unpaired) electrons. The van der Waals surface area contributed by atoms with E-state index in [1.54, 1.807) is 0 Å². The van der Waals surface area contributed by atoms with Gasteiger partial charge in [-0.3, -0.25) is 4.79 Å². The number of carbonyl (C=O) groups is 1. The molecule has 80 valence electrons. The lowest BCUT2D eigenvalue weighted by molar-refractivity contribution is 0.270. The highest BCUT2D eigenvalue weighted by molar-refractivity contribution is 7.96. The summed E-state index contributed by atoms with van der Waals surface area (Å²) >= 11 is 3.72. The first kappa shape index (κ1) is 10.8. The van der Waals surface area contributed by atoms with Crippen molar-refractivity contribution in [2.75, 3.05) is 5.32 Å². The number of benzene rings is 2. The van der Waals surface area contributed by atoms with Gasteiger partial charge in [-0.05, 0) is 11.6 Å². The number of hydrogen-bond donors (Lipinski definition) is 2. The van der Waals surface area contributed by atoms with Crippen molar-refractivity contribution in [3.63, 3.8) is 0 Å². The second-order valence-corrected chi connectivity index (χ2v) is 3.75. The Balaban J connectivity index is 2.44. The minimum atomic E-state index is -0.358. The van der Waals surface area contributed by atoms with Gasteiger partial charge >= 0.3 is 0 Å². The predicted octanol–water partition coefficient (Wildman–Crippen LogP) is 3.82. The van der Waals surface area contributed by atoms with Gasteiger partial charge in [-0.2, -0.15) is 0 Å². The fourth-order valence-electron chi connectivity index (χ4n) is 1.58. The maximum absolute atomic E-state index is 10.9. The number of nitrogens with one attached hydrogen (secondary N) is 1. The Morgan fingerprint density at radius 2 is 1.56 bits per heavy atom. The van der Waals surface area contributed by atoms with Crippen LogP contribution in [0.5, 0.6) is 0 Å². The largest absolute Gasteiger partial charge is 0.317 e. The summed E-state index contributed by atoms with van der Waals surface area (Å²) in [4.78, 5) is 10.9. The second-order valence-electron chi connectivity index (χ2n) is 3.34. The summed E-state index contributed by atoms with van der Waals surface area (Å²) < 4.78 is 0. The van der Waals surface area contributed by atoms with E-state index in [0.29, 0.717) is 0 Å². The molecular formula is C13H11NOS. The first-order chi connectivity index (χ1) is 7.77. The Bertz CT molecular complexity index is 496. The molecule has 0 bridgehead atoms. The van der Waals surface area contributed by atoms with Gasteiger partial charge in [0.25, 0.3) is 5.24 Å². The van der Waals surface area contributed by atoms with Crippen molar-refractivity contribution in [2.24, 2.45) is 0 Å². The van der Waals surface area contributed by atoms with E-state index in [0.717, 1.165) is 16.8 Å². The van der Waals surface area contributed by atoms with Crippen LogP contribution in [0.3, 0.4) is 0 Å². The SMILES string of the molecule is O=C(S)Nc1ccccc1-c1ccccc1. The zero-order valence-electron chi connectivity index (χ0n) is 8.55. The maximum Gasteiger partial charge on any atom is 0.280 e. The molecule has 16 heavy (non-hydrogen) atoms. The van der Waals surface area contributed by atoms with Crippen LogP contribution in [0.15, 0.2) is 54.6 Å². The van der Waals surface area contributed by atoms with Crippen LogP contribution in [0.1, 0.15) is 0 Å². The number of carbonyl (C=O) groups excluding carboxylic acids is 1. The highest BCUT2D eigenvalue weighted by Gasteiger charge is 2.04. The summed E-state index contributed by atoms with van der Waals surface area (Å²) in [6, 6.07) is 17.5. The van der Waals surface area contributed by atoms with E-state index in [4.69, 9.17) is 0 Å². The standard InChI is InChI=1S/C13H11NOS/c15-13(16)14-12-9-5-4-8-11(12)10-6-2-1-3-7-10/h1-9H,(H2,14,15,16). The van der Waals surface area contributed by atoms with Crippen molar-refractivity contribution in [2.45, 2.75) is 0 Å². The van der Waals surface area contributed by atoms with Crippen LogP contribution < -0.4 is 5.32 Å². The molecule has 0 aliphatic carbocycles. The number of anilines is 1. The van der Waals surface area contributed by atoms with Gasteiger partial charge in [-0.15, -0.1) is 0 Å². The lowest BCUT2D eigenvalue weighted by atomic mass is 10.0. The molecule has 1 amide bonds. The van der Waals surface area contributed by atoms with Crippen LogP contribution in [0.4, 0.5) is 10.5 Å². The molecule has 2 aromatic rings. The molecule has 0 saturated carbocycles. The zero-order chi connectivity index (χ0) is 11.4. The zero-order valence-corrected chi connectivity index (χ0v) is 9.45. The smallest absolute Gasteiger partial charge is 0.280 e. The fraction of sp³-hybridized carbons (Fsp3) is 0. The molecule has 2 rings (SSSR count). The van der Waals surface area contributed by atoms with E-state index >= 15 is 0 Å². The quantitative estimate of drug-likeness (QED) is 0.753. The van der Waals surface area contributed by atoms with Gasteiger partial charge in [0.15, 0.2) is 0 Å². The Labute approximate surface area is 99.7 Å². The van der Waals surface area contributed by atoms with E-state index in [1.807, 2.05) is 54.6 Å². The van der Waals surface area contributed by atoms with E-state index < -0.39 is 0 Å². The Kier molecular flexibility index (Phi) is 3.27. The van der Waals surface area contributed by atoms with Gasteiger partial charge in [0.05, 0.1) is 0 Å². The summed E-state index contributed by atoms with van der Waals surface area (Å²) in [6.07, 6.45) is 0. The van der Waals surface area contributed by atoms with Gasteiger partial charge in [-0.1, -0.05) is 61.2 Å². The van der Waals surface area contributed by atoms with Gasteiger partial charge < -0.3 is 5.32 Å².